The summed E-state index contributed by atoms with van der Waals surface area (Å²) in [6, 6.07) is 12.1. The summed E-state index contributed by atoms with van der Waals surface area (Å²) in [5.41, 5.74) is 2.88. The Balaban J connectivity index is 1.68. The molecule has 26 heavy (non-hydrogen) atoms. The average Bonchev–Trinajstić information content (AvgIpc) is 2.67. The summed E-state index contributed by atoms with van der Waals surface area (Å²) < 4.78 is 0. The third-order valence-electron chi connectivity index (χ3n) is 4.66. The zero-order valence-electron chi connectivity index (χ0n) is 15.7. The number of amides is 1. The van der Waals surface area contributed by atoms with Crippen molar-refractivity contribution in [2.24, 2.45) is 0 Å². The van der Waals surface area contributed by atoms with Gasteiger partial charge in [-0.25, -0.2) is 9.97 Å². The van der Waals surface area contributed by atoms with E-state index in [2.05, 4.69) is 21.8 Å². The van der Waals surface area contributed by atoms with E-state index in [-0.39, 0.29) is 11.2 Å². The van der Waals surface area contributed by atoms with Gasteiger partial charge in [0.05, 0.1) is 10.9 Å². The molecule has 1 aliphatic rings. The zero-order valence-corrected chi connectivity index (χ0v) is 16.5. The molecular weight excluding hydrogens is 344 g/mol. The predicted octanol–water partition coefficient (Wildman–Crippen LogP) is 3.10. The second-order valence-corrected chi connectivity index (χ2v) is 7.87. The number of rotatable bonds is 5. The van der Waals surface area contributed by atoms with Crippen molar-refractivity contribution in [2.45, 2.75) is 31.2 Å². The number of thioether (sulfide) groups is 1. The molecule has 138 valence electrons. The van der Waals surface area contributed by atoms with Crippen LogP contribution in [0.4, 0.5) is 0 Å². The number of hydrogen-bond donors (Lipinski definition) is 0. The fourth-order valence-electron chi connectivity index (χ4n) is 3.10. The van der Waals surface area contributed by atoms with E-state index in [0.29, 0.717) is 5.16 Å². The van der Waals surface area contributed by atoms with Crippen LogP contribution in [0.15, 0.2) is 41.6 Å². The molecule has 0 saturated carbocycles. The molecule has 1 aliphatic heterocycles. The molecule has 1 amide bonds. The van der Waals surface area contributed by atoms with Gasteiger partial charge < -0.3 is 9.80 Å². The van der Waals surface area contributed by atoms with Crippen LogP contribution >= 0.6 is 11.8 Å². The lowest BCUT2D eigenvalue weighted by atomic mass is 10.1. The Kier molecular flexibility index (Phi) is 6.27. The molecule has 1 aromatic heterocycles. The lowest BCUT2D eigenvalue weighted by Crippen LogP contribution is -2.50. The quantitative estimate of drug-likeness (QED) is 0.598. The summed E-state index contributed by atoms with van der Waals surface area (Å²) in [4.78, 5) is 26.3. The van der Waals surface area contributed by atoms with Gasteiger partial charge in [-0.15, -0.1) is 0 Å². The normalized spacial score (nSPS) is 16.5. The number of likely N-dealkylation sites (N-methyl/N-ethyl adjacent to an activating group) is 1. The molecule has 6 heteroatoms. The van der Waals surface area contributed by atoms with Crippen molar-refractivity contribution < 1.29 is 4.79 Å². The van der Waals surface area contributed by atoms with E-state index in [0.717, 1.165) is 49.7 Å². The van der Waals surface area contributed by atoms with E-state index in [9.17, 15) is 4.79 Å². The van der Waals surface area contributed by atoms with Crippen LogP contribution in [0.5, 0.6) is 0 Å². The van der Waals surface area contributed by atoms with Gasteiger partial charge >= 0.3 is 0 Å². The monoisotopic (exact) mass is 370 g/mol. The number of aromatic nitrogens is 2. The molecule has 0 bridgehead atoms. The van der Waals surface area contributed by atoms with Crippen LogP contribution in [0.2, 0.25) is 0 Å². The van der Waals surface area contributed by atoms with E-state index in [1.54, 1.807) is 0 Å². The maximum Gasteiger partial charge on any atom is 0.235 e. The van der Waals surface area contributed by atoms with Crippen molar-refractivity contribution in [1.29, 1.82) is 0 Å². The van der Waals surface area contributed by atoms with E-state index < -0.39 is 0 Å². The number of carbonyl (C=O) groups excluding carboxylic acids is 1. The summed E-state index contributed by atoms with van der Waals surface area (Å²) in [7, 11) is 0. The van der Waals surface area contributed by atoms with Gasteiger partial charge in [0.25, 0.3) is 0 Å². The Morgan fingerprint density at radius 1 is 1.15 bits per heavy atom. The van der Waals surface area contributed by atoms with Gasteiger partial charge in [-0.05, 0) is 26.5 Å². The lowest BCUT2D eigenvalue weighted by Gasteiger charge is -2.35. The van der Waals surface area contributed by atoms with E-state index in [1.165, 1.54) is 11.8 Å². The predicted molar refractivity (Wildman–Crippen MR) is 106 cm³/mol. The van der Waals surface area contributed by atoms with Gasteiger partial charge in [0.15, 0.2) is 5.16 Å². The molecule has 0 unspecified atom stereocenters. The smallest absolute Gasteiger partial charge is 0.235 e. The van der Waals surface area contributed by atoms with Gasteiger partial charge in [0, 0.05) is 37.4 Å². The largest absolute Gasteiger partial charge is 0.339 e. The minimum absolute atomic E-state index is 0.178. The molecule has 0 radical (unpaired) electrons. The second kappa shape index (κ2) is 8.64. The lowest BCUT2D eigenvalue weighted by molar-refractivity contribution is -0.132. The van der Waals surface area contributed by atoms with Crippen LogP contribution in [0, 0.1) is 6.92 Å². The standard InChI is InChI=1S/C20H26N4OS/c1-4-23-10-12-24(13-11-23)19(25)16(3)26-20-21-15(2)14-18(22-20)17-8-6-5-7-9-17/h5-9,14,16H,4,10-13H2,1-3H3/t16-/m0/s1. The number of nitrogens with zero attached hydrogens (tertiary/aromatic N) is 4. The first kappa shape index (κ1) is 18.9. The molecule has 1 aromatic carbocycles. The highest BCUT2D eigenvalue weighted by Crippen LogP contribution is 2.25. The molecule has 0 N–H and O–H groups in total. The number of piperazine rings is 1. The van der Waals surface area contributed by atoms with E-state index >= 15 is 0 Å². The fraction of sp³-hybridized carbons (Fsp3) is 0.450. The maximum atomic E-state index is 12.8. The van der Waals surface area contributed by atoms with Crippen molar-refractivity contribution >= 4 is 17.7 Å². The zero-order chi connectivity index (χ0) is 18.5. The average molecular weight is 371 g/mol. The SMILES string of the molecule is CCN1CCN(C(=O)[C@H](C)Sc2nc(C)cc(-c3ccccc3)n2)CC1. The van der Waals surface area contributed by atoms with Gasteiger partial charge in [-0.1, -0.05) is 49.0 Å². The molecule has 1 fully saturated rings. The van der Waals surface area contributed by atoms with Gasteiger partial charge in [0.2, 0.25) is 5.91 Å². The minimum atomic E-state index is -0.186. The number of carbonyl (C=O) groups is 1. The topological polar surface area (TPSA) is 49.3 Å². The van der Waals surface area contributed by atoms with Gasteiger partial charge in [0.1, 0.15) is 0 Å². The van der Waals surface area contributed by atoms with E-state index in [1.807, 2.05) is 55.1 Å². The second-order valence-electron chi connectivity index (χ2n) is 6.56. The first-order chi connectivity index (χ1) is 12.6. The van der Waals surface area contributed by atoms with Crippen LogP contribution < -0.4 is 0 Å². The van der Waals surface area contributed by atoms with Crippen LogP contribution in [-0.4, -0.2) is 63.6 Å². The first-order valence-corrected chi connectivity index (χ1v) is 10.0. The van der Waals surface area contributed by atoms with Crippen molar-refractivity contribution in [3.63, 3.8) is 0 Å². The third kappa shape index (κ3) is 4.62. The summed E-state index contributed by atoms with van der Waals surface area (Å²) >= 11 is 1.45. The molecule has 1 atom stereocenters. The highest BCUT2D eigenvalue weighted by atomic mass is 32.2. The summed E-state index contributed by atoms with van der Waals surface area (Å²) in [6.07, 6.45) is 0. The molecule has 3 rings (SSSR count). The van der Waals surface area contributed by atoms with Gasteiger partial charge in [-0.3, -0.25) is 4.79 Å². The Hall–Kier alpha value is -1.92. The molecule has 2 heterocycles. The Bertz CT molecular complexity index is 745. The van der Waals surface area contributed by atoms with Crippen LogP contribution in [0.3, 0.4) is 0 Å². The summed E-state index contributed by atoms with van der Waals surface area (Å²) in [5, 5.41) is 0.477. The molecule has 5 nitrogen and oxygen atoms in total. The summed E-state index contributed by atoms with van der Waals surface area (Å²) in [5.74, 6) is 0.178. The third-order valence-corrected chi connectivity index (χ3v) is 5.61. The fourth-order valence-corrected chi connectivity index (χ4v) is 4.01. The van der Waals surface area contributed by atoms with Crippen LogP contribution in [0.25, 0.3) is 11.3 Å². The highest BCUT2D eigenvalue weighted by molar-refractivity contribution is 8.00. The van der Waals surface area contributed by atoms with Crippen molar-refractivity contribution in [3.05, 3.63) is 42.1 Å². The molecule has 0 aliphatic carbocycles. The Morgan fingerprint density at radius 3 is 2.50 bits per heavy atom. The molecule has 1 saturated heterocycles. The van der Waals surface area contributed by atoms with Crippen LogP contribution in [-0.2, 0) is 4.79 Å². The maximum absolute atomic E-state index is 12.8. The van der Waals surface area contributed by atoms with Crippen molar-refractivity contribution in [2.75, 3.05) is 32.7 Å². The first-order valence-electron chi connectivity index (χ1n) is 9.15. The van der Waals surface area contributed by atoms with Crippen LogP contribution in [0.1, 0.15) is 19.5 Å². The number of benzene rings is 1. The minimum Gasteiger partial charge on any atom is -0.339 e. The Labute approximate surface area is 159 Å². The highest BCUT2D eigenvalue weighted by Gasteiger charge is 2.25. The van der Waals surface area contributed by atoms with E-state index in [4.69, 9.17) is 0 Å². The van der Waals surface area contributed by atoms with Gasteiger partial charge in [-0.2, -0.15) is 0 Å². The van der Waals surface area contributed by atoms with Crippen molar-refractivity contribution in [1.82, 2.24) is 19.8 Å². The molecule has 2 aromatic rings. The summed E-state index contributed by atoms with van der Waals surface area (Å²) in [6.45, 7) is 10.7. The molecular formula is C20H26N4OS. The number of aryl methyl sites for hydroxylation is 1. The van der Waals surface area contributed by atoms with Crippen molar-refractivity contribution in [3.8, 4) is 11.3 Å². The number of hydrogen-bond acceptors (Lipinski definition) is 5. The Morgan fingerprint density at radius 2 is 1.85 bits per heavy atom. The molecule has 0 spiro atoms.